The van der Waals surface area contributed by atoms with Gasteiger partial charge in [0.05, 0.1) is 70.6 Å². The van der Waals surface area contributed by atoms with Crippen LogP contribution < -0.4 is 32.7 Å². The number of rotatable bonds is 13. The van der Waals surface area contributed by atoms with Crippen molar-refractivity contribution in [1.29, 1.82) is 0 Å². The number of likely N-dealkylation sites (N-methyl/N-ethyl adjacent to an activating group) is 1. The topological polar surface area (TPSA) is 376 Å². The molecule has 0 aromatic heterocycles. The highest BCUT2D eigenvalue weighted by atomic mass is 16.6. The number of ketones is 4. The Morgan fingerprint density at radius 2 is 1.01 bits per heavy atom. The molecule has 0 fully saturated rings. The van der Waals surface area contributed by atoms with Crippen molar-refractivity contribution in [2.45, 2.75) is 137 Å². The predicted octanol–water partition coefficient (Wildman–Crippen LogP) is 3.03. The average molecular weight is 1250 g/mol. The van der Waals surface area contributed by atoms with Crippen LogP contribution in [-0.4, -0.2) is 196 Å². The third-order valence-electron chi connectivity index (χ3n) is 15.3. The van der Waals surface area contributed by atoms with Gasteiger partial charge in [0.15, 0.2) is 12.2 Å². The summed E-state index contributed by atoms with van der Waals surface area (Å²) >= 11 is 0. The summed E-state index contributed by atoms with van der Waals surface area (Å²) in [5.41, 5.74) is 11.0. The minimum Gasteiger partial charge on any atom is -0.439 e. The van der Waals surface area contributed by atoms with Gasteiger partial charge in [-0.15, -0.1) is 6.58 Å². The number of aliphatic hydroxyl groups is 4. The van der Waals surface area contributed by atoms with E-state index in [1.165, 1.54) is 72.7 Å². The second-order valence-electron chi connectivity index (χ2n) is 22.4. The van der Waals surface area contributed by atoms with E-state index in [0.717, 1.165) is 12.2 Å². The molecule has 0 saturated heterocycles. The van der Waals surface area contributed by atoms with Gasteiger partial charge < -0.3 is 86.5 Å². The number of carbonyl (C=O) groups is 8. The lowest BCUT2D eigenvalue weighted by Gasteiger charge is -2.32. The lowest BCUT2D eigenvalue weighted by molar-refractivity contribution is -0.121. The van der Waals surface area contributed by atoms with Gasteiger partial charge in [-0.05, 0) is 77.6 Å². The van der Waals surface area contributed by atoms with Crippen LogP contribution in [0.1, 0.15) is 75.7 Å². The average Bonchev–Trinajstić information content (AvgIpc) is 1.00. The SMILES string of the molecule is C.C=CCNC1=C2C(=O)C(=CC1=O)NC(=O)/C(C)=C/C=C\[C@H](OC)[C@@H](OC(N)=O)/C(C)=C/[C@H](C)[C@@H](O)[C@@H](OC)C[C@H](C)C2O.CO[C@H]1/C=C\C=C(/C)C(=O)NC2=CC(=O)C(NCCN(C)C)=C(C2=O)C(O)[C@@H](C)C[C@H](OC)[C@H](O)[C@@H](C)/C=C(\C)[C@@H]1OC(N)=O. The molecule has 0 aromatic carbocycles. The number of amides is 4. The number of carbonyl (C=O) groups excluding carboxylic acids is 8. The van der Waals surface area contributed by atoms with Crippen molar-refractivity contribution in [3.63, 3.8) is 0 Å². The van der Waals surface area contributed by atoms with E-state index in [-0.39, 0.29) is 71.9 Å². The number of nitrogens with one attached hydrogen (secondary N) is 4. The van der Waals surface area contributed by atoms with Gasteiger partial charge in [0, 0.05) is 83.2 Å². The molecule has 25 heteroatoms. The van der Waals surface area contributed by atoms with Gasteiger partial charge in [0.2, 0.25) is 23.1 Å². The van der Waals surface area contributed by atoms with Gasteiger partial charge in [0.25, 0.3) is 11.8 Å². The molecule has 4 rings (SSSR count). The van der Waals surface area contributed by atoms with Crippen LogP contribution >= 0.6 is 0 Å². The highest BCUT2D eigenvalue weighted by Crippen LogP contribution is 2.32. The number of Topliss-reactive ketones (excluding diaryl/α,β-unsaturated/α-hetero) is 2. The molecule has 494 valence electrons. The maximum atomic E-state index is 13.7. The number of fused-ring (bicyclic) bond motifs is 4. The summed E-state index contributed by atoms with van der Waals surface area (Å²) < 4.78 is 33.0. The Bertz CT molecular complexity index is 2900. The Balaban J connectivity index is 0.000000601. The summed E-state index contributed by atoms with van der Waals surface area (Å²) in [5.74, 6) is -6.34. The van der Waals surface area contributed by atoms with E-state index in [1.54, 1.807) is 65.8 Å². The molecule has 4 bridgehead atoms. The number of hydrogen-bond acceptors (Lipinski definition) is 21. The van der Waals surface area contributed by atoms with Gasteiger partial charge in [-0.3, -0.25) is 28.8 Å². The summed E-state index contributed by atoms with van der Waals surface area (Å²) in [6.45, 7) is 17.9. The van der Waals surface area contributed by atoms with Crippen LogP contribution in [-0.2, 0) is 57.2 Å². The van der Waals surface area contributed by atoms with E-state index >= 15 is 0 Å². The van der Waals surface area contributed by atoms with E-state index in [2.05, 4.69) is 27.8 Å². The van der Waals surface area contributed by atoms with Crippen molar-refractivity contribution in [3.8, 4) is 0 Å². The van der Waals surface area contributed by atoms with Crippen LogP contribution in [0.2, 0.25) is 0 Å². The first-order valence-electron chi connectivity index (χ1n) is 28.7. The molecule has 0 radical (unpaired) electrons. The first kappa shape index (κ1) is 77.6. The molecule has 2 aliphatic carbocycles. The van der Waals surface area contributed by atoms with Gasteiger partial charge in [-0.25, -0.2) is 9.59 Å². The normalized spacial score (nSPS) is 32.2. The van der Waals surface area contributed by atoms with Crippen molar-refractivity contribution in [2.24, 2.45) is 35.1 Å². The molecule has 0 saturated carbocycles. The van der Waals surface area contributed by atoms with Crippen LogP contribution in [0.25, 0.3) is 0 Å². The monoisotopic (exact) mass is 1250 g/mol. The van der Waals surface area contributed by atoms with Crippen molar-refractivity contribution in [1.82, 2.24) is 26.2 Å². The Hall–Kier alpha value is -7.46. The maximum Gasteiger partial charge on any atom is 0.405 e. The molecular weight excluding hydrogens is 1150 g/mol. The Morgan fingerprint density at radius 1 is 0.640 bits per heavy atom. The fraction of sp³-hybridized carbons (Fsp3) is 0.531. The van der Waals surface area contributed by atoms with Gasteiger partial charge >= 0.3 is 12.2 Å². The van der Waals surface area contributed by atoms with Crippen LogP contribution in [0.5, 0.6) is 0 Å². The Morgan fingerprint density at radius 3 is 1.34 bits per heavy atom. The number of allylic oxidation sites excluding steroid dienone is 8. The van der Waals surface area contributed by atoms with Crippen LogP contribution in [0.15, 0.2) is 130 Å². The largest absolute Gasteiger partial charge is 0.439 e. The van der Waals surface area contributed by atoms with E-state index in [1.807, 2.05) is 19.0 Å². The summed E-state index contributed by atoms with van der Waals surface area (Å²) in [4.78, 5) is 105. The predicted molar refractivity (Wildman–Crippen MR) is 333 cm³/mol. The van der Waals surface area contributed by atoms with Gasteiger partial charge in [-0.1, -0.05) is 89.8 Å². The molecule has 0 aromatic rings. The Kier molecular flexibility index (Phi) is 32.2. The first-order valence-corrected chi connectivity index (χ1v) is 28.7. The second-order valence-corrected chi connectivity index (χ2v) is 22.4. The van der Waals surface area contributed by atoms with Crippen molar-refractivity contribution >= 4 is 47.1 Å². The molecule has 25 nitrogen and oxygen atoms in total. The number of aliphatic hydroxyl groups excluding tert-OH is 4. The van der Waals surface area contributed by atoms with Crippen molar-refractivity contribution in [2.75, 3.05) is 62.2 Å². The van der Waals surface area contributed by atoms with Gasteiger partial charge in [-0.2, -0.15) is 0 Å². The molecule has 4 aliphatic rings. The second kappa shape index (κ2) is 36.9. The third-order valence-corrected chi connectivity index (χ3v) is 15.3. The molecule has 2 unspecified atom stereocenters. The maximum absolute atomic E-state index is 13.7. The van der Waals surface area contributed by atoms with Gasteiger partial charge in [0.1, 0.15) is 12.2 Å². The molecule has 2 heterocycles. The molecule has 12 N–H and O–H groups in total. The molecular formula is C64H95N7O18. The smallest absolute Gasteiger partial charge is 0.405 e. The lowest BCUT2D eigenvalue weighted by atomic mass is 9.83. The zero-order chi connectivity index (χ0) is 66.4. The van der Waals surface area contributed by atoms with Crippen molar-refractivity contribution in [3.05, 3.63) is 130 Å². The Labute approximate surface area is 522 Å². The molecule has 2 aliphatic heterocycles. The summed E-state index contributed by atoms with van der Waals surface area (Å²) in [6, 6.07) is 0. The summed E-state index contributed by atoms with van der Waals surface area (Å²) in [7, 11) is 9.37. The van der Waals surface area contributed by atoms with E-state index in [9.17, 15) is 58.8 Å². The van der Waals surface area contributed by atoms with Crippen LogP contribution in [0, 0.1) is 23.7 Å². The third kappa shape index (κ3) is 21.9. The molecule has 4 amide bonds. The van der Waals surface area contributed by atoms with Crippen molar-refractivity contribution < 1.29 is 87.2 Å². The summed E-state index contributed by atoms with van der Waals surface area (Å²) in [5, 5.41) is 56.2. The zero-order valence-corrected chi connectivity index (χ0v) is 52.8. The molecule has 14 atom stereocenters. The minimum absolute atomic E-state index is 0. The van der Waals surface area contributed by atoms with Crippen LogP contribution in [0.3, 0.4) is 0 Å². The number of methoxy groups -OCH3 is 4. The van der Waals surface area contributed by atoms with E-state index in [0.29, 0.717) is 24.2 Å². The standard InChI is InChI=1S/C32H48N4O9.C31H43N3O9.CH4/c1-17-10-9-11-23(43-7)30(45-32(33)42)20(4)14-18(2)27(38)24(44-8)15-19(3)28(39)25-26(34-12-13-36(5)6)22(37)16-21(29(25)40)35-31(17)41;1-8-12-33-25-21(35)15-20-28(38)24(25)27(37)18(4)14-23(42-7)26(36)17(3)13-19(5)29(43-31(32)40)22(41-6)11-9-10-16(2)30(39)34-20;/h9-11,14,16,18-19,23-24,27-28,30,34,38-39H,12-13,15H2,1-8H3,(H2,33,42)(H,35,41);8-11,13,15,17-18,22-23,26-27,29,33,36-37H,1,12,14H2,2-7H3,(H2,32,40)(H,34,39);1H4/b11-9-,17-10+,20-14+;11-9-,16-10+,19-13+;/t18-,19-,23-,24-,27+,28?,30-;17-,18-,22-,23-,26+,27?,29-;/m00./s1. The summed E-state index contributed by atoms with van der Waals surface area (Å²) in [6.07, 6.45) is 3.93. The highest BCUT2D eigenvalue weighted by Gasteiger charge is 2.40. The molecule has 0 spiro atoms. The number of nitrogens with two attached hydrogens (primary N) is 2. The fourth-order valence-electron chi connectivity index (χ4n) is 10.1. The van der Waals surface area contributed by atoms with E-state index < -0.39 is 132 Å². The first-order chi connectivity index (χ1) is 41.4. The number of nitrogens with zero attached hydrogens (tertiary/aromatic N) is 1. The minimum atomic E-state index is -1.46. The number of primary amides is 2. The fourth-order valence-corrected chi connectivity index (χ4v) is 10.1. The number of ether oxygens (including phenoxy) is 6. The quantitative estimate of drug-likeness (QED) is 0.0936. The van der Waals surface area contributed by atoms with E-state index in [4.69, 9.17) is 39.9 Å². The number of hydrogen-bond donors (Lipinski definition) is 10. The van der Waals surface area contributed by atoms with Crippen LogP contribution in [0.4, 0.5) is 9.59 Å². The highest BCUT2D eigenvalue weighted by molar-refractivity contribution is 6.25. The molecule has 89 heavy (non-hydrogen) atoms. The zero-order valence-electron chi connectivity index (χ0n) is 52.8. The lowest BCUT2D eigenvalue weighted by Crippen LogP contribution is -2.42.